The van der Waals surface area contributed by atoms with Gasteiger partial charge in [-0.25, -0.2) is 4.99 Å². The molecule has 1 aliphatic rings. The van der Waals surface area contributed by atoms with Crippen molar-refractivity contribution in [3.63, 3.8) is 0 Å². The van der Waals surface area contributed by atoms with Crippen LogP contribution >= 0.6 is 23.4 Å². The Balaban J connectivity index is 1.74. The van der Waals surface area contributed by atoms with Crippen LogP contribution < -0.4 is 5.32 Å². The highest BCUT2D eigenvalue weighted by Gasteiger charge is 2.23. The van der Waals surface area contributed by atoms with Gasteiger partial charge in [-0.1, -0.05) is 54.1 Å². The third-order valence-corrected chi connectivity index (χ3v) is 4.53. The highest BCUT2D eigenvalue weighted by molar-refractivity contribution is 8.18. The summed E-state index contributed by atoms with van der Waals surface area (Å²) in [6.07, 6.45) is 5.62. The van der Waals surface area contributed by atoms with E-state index in [0.29, 0.717) is 15.1 Å². The summed E-state index contributed by atoms with van der Waals surface area (Å²) < 4.78 is 0. The second-order valence-corrected chi connectivity index (χ2v) is 6.67. The number of nitrogens with one attached hydrogen (secondary N) is 1. The average molecular weight is 355 g/mol. The number of allylic oxidation sites excluding steroid dienone is 2. The Morgan fingerprint density at radius 3 is 2.71 bits per heavy atom. The van der Waals surface area contributed by atoms with Crippen molar-refractivity contribution >= 4 is 46.2 Å². The van der Waals surface area contributed by atoms with Crippen molar-refractivity contribution in [2.45, 2.75) is 6.92 Å². The third kappa shape index (κ3) is 4.16. The van der Waals surface area contributed by atoms with Crippen LogP contribution in [0.2, 0.25) is 5.02 Å². The SMILES string of the molecule is Cc1cc(Cl)ccc1N=C1NC(=O)/C(=C/C=C/c2ccccc2)S1. The molecule has 1 aliphatic heterocycles. The highest BCUT2D eigenvalue weighted by atomic mass is 35.5. The summed E-state index contributed by atoms with van der Waals surface area (Å²) in [6, 6.07) is 15.4. The van der Waals surface area contributed by atoms with E-state index in [4.69, 9.17) is 11.6 Å². The fourth-order valence-electron chi connectivity index (χ4n) is 2.16. The van der Waals surface area contributed by atoms with E-state index in [2.05, 4.69) is 10.3 Å². The van der Waals surface area contributed by atoms with Crippen LogP contribution in [0.15, 0.2) is 70.6 Å². The number of nitrogens with zero attached hydrogens (tertiary/aromatic N) is 1. The van der Waals surface area contributed by atoms with Gasteiger partial charge in [-0.3, -0.25) is 4.79 Å². The smallest absolute Gasteiger partial charge is 0.264 e. The Bertz CT molecular complexity index is 857. The topological polar surface area (TPSA) is 41.5 Å². The van der Waals surface area contributed by atoms with Crippen molar-refractivity contribution in [3.8, 4) is 0 Å². The zero-order valence-corrected chi connectivity index (χ0v) is 14.6. The molecule has 0 aromatic heterocycles. The number of hydrogen-bond acceptors (Lipinski definition) is 3. The zero-order valence-electron chi connectivity index (χ0n) is 13.0. The summed E-state index contributed by atoms with van der Waals surface area (Å²) in [6.45, 7) is 1.94. The molecule has 0 bridgehead atoms. The number of carbonyl (C=O) groups excluding carboxylic acids is 1. The van der Waals surface area contributed by atoms with Crippen LogP contribution in [0, 0.1) is 6.92 Å². The van der Waals surface area contributed by atoms with Crippen molar-refractivity contribution in [1.82, 2.24) is 5.32 Å². The molecule has 0 radical (unpaired) electrons. The molecule has 0 saturated carbocycles. The van der Waals surface area contributed by atoms with Crippen molar-refractivity contribution in [2.24, 2.45) is 4.99 Å². The Kier molecular flexibility index (Phi) is 5.18. The maximum Gasteiger partial charge on any atom is 0.264 e. The molecule has 0 atom stereocenters. The predicted octanol–water partition coefficient (Wildman–Crippen LogP) is 5.10. The first kappa shape index (κ1) is 16.6. The van der Waals surface area contributed by atoms with E-state index >= 15 is 0 Å². The zero-order chi connectivity index (χ0) is 16.9. The maximum absolute atomic E-state index is 12.0. The number of amides is 1. The molecule has 3 rings (SSSR count). The lowest BCUT2D eigenvalue weighted by Crippen LogP contribution is -2.19. The molecule has 1 fully saturated rings. The summed E-state index contributed by atoms with van der Waals surface area (Å²) >= 11 is 7.28. The number of hydrogen-bond donors (Lipinski definition) is 1. The van der Waals surface area contributed by atoms with E-state index in [-0.39, 0.29) is 5.91 Å². The molecule has 24 heavy (non-hydrogen) atoms. The summed E-state index contributed by atoms with van der Waals surface area (Å²) in [7, 11) is 0. The first-order chi connectivity index (χ1) is 11.6. The molecular weight excluding hydrogens is 340 g/mol. The first-order valence-corrected chi connectivity index (χ1v) is 8.59. The van der Waals surface area contributed by atoms with Gasteiger partial charge in [-0.15, -0.1) is 0 Å². The van der Waals surface area contributed by atoms with Gasteiger partial charge < -0.3 is 5.32 Å². The maximum atomic E-state index is 12.0. The summed E-state index contributed by atoms with van der Waals surface area (Å²) in [5.41, 5.74) is 2.85. The van der Waals surface area contributed by atoms with Gasteiger partial charge in [-0.2, -0.15) is 0 Å². The van der Waals surface area contributed by atoms with E-state index < -0.39 is 0 Å². The molecule has 1 heterocycles. The fraction of sp³-hybridized carbons (Fsp3) is 0.0526. The van der Waals surface area contributed by atoms with E-state index in [9.17, 15) is 4.79 Å². The Labute approximate surface area is 150 Å². The van der Waals surface area contributed by atoms with Crippen LogP contribution in [0.1, 0.15) is 11.1 Å². The lowest BCUT2D eigenvalue weighted by atomic mass is 10.2. The van der Waals surface area contributed by atoms with Crippen molar-refractivity contribution < 1.29 is 4.79 Å². The minimum absolute atomic E-state index is 0.136. The fourth-order valence-corrected chi connectivity index (χ4v) is 3.17. The van der Waals surface area contributed by atoms with Crippen LogP contribution in [-0.2, 0) is 4.79 Å². The van der Waals surface area contributed by atoms with Crippen LogP contribution in [0.4, 0.5) is 5.69 Å². The quantitative estimate of drug-likeness (QED) is 0.779. The van der Waals surface area contributed by atoms with Crippen molar-refractivity contribution in [1.29, 1.82) is 0 Å². The molecule has 1 saturated heterocycles. The molecule has 120 valence electrons. The standard InChI is InChI=1S/C19H15ClN2OS/c1-13-12-15(20)10-11-16(13)21-19-22-18(23)17(24-19)9-5-8-14-6-3-2-4-7-14/h2-12H,1H3,(H,21,22,23)/b8-5+,17-9-. The van der Waals surface area contributed by atoms with Gasteiger partial charge in [0.1, 0.15) is 0 Å². The Morgan fingerprint density at radius 2 is 1.96 bits per heavy atom. The average Bonchev–Trinajstić information content (AvgIpc) is 2.91. The van der Waals surface area contributed by atoms with Gasteiger partial charge >= 0.3 is 0 Å². The van der Waals surface area contributed by atoms with E-state index in [1.165, 1.54) is 11.8 Å². The lowest BCUT2D eigenvalue weighted by molar-refractivity contribution is -0.115. The van der Waals surface area contributed by atoms with Crippen LogP contribution in [0.5, 0.6) is 0 Å². The lowest BCUT2D eigenvalue weighted by Gasteiger charge is -2.01. The van der Waals surface area contributed by atoms with Crippen LogP contribution in [-0.4, -0.2) is 11.1 Å². The molecule has 0 aliphatic carbocycles. The van der Waals surface area contributed by atoms with Gasteiger partial charge in [0.2, 0.25) is 0 Å². The van der Waals surface area contributed by atoms with Crippen LogP contribution in [0.3, 0.4) is 0 Å². The highest BCUT2D eigenvalue weighted by Crippen LogP contribution is 2.28. The third-order valence-electron chi connectivity index (χ3n) is 3.37. The van der Waals surface area contributed by atoms with Crippen molar-refractivity contribution in [2.75, 3.05) is 0 Å². The number of halogens is 1. The molecule has 5 heteroatoms. The molecule has 3 nitrogen and oxygen atoms in total. The second kappa shape index (κ2) is 7.51. The Morgan fingerprint density at radius 1 is 1.17 bits per heavy atom. The van der Waals surface area contributed by atoms with Gasteiger partial charge in [0.15, 0.2) is 5.17 Å². The molecule has 0 unspecified atom stereocenters. The van der Waals surface area contributed by atoms with Crippen LogP contribution in [0.25, 0.3) is 6.08 Å². The largest absolute Gasteiger partial charge is 0.300 e. The van der Waals surface area contributed by atoms with Gasteiger partial charge in [0.05, 0.1) is 10.6 Å². The number of amidine groups is 1. The number of thioether (sulfide) groups is 1. The monoisotopic (exact) mass is 354 g/mol. The molecular formula is C19H15ClN2OS. The molecule has 1 amide bonds. The normalized spacial score (nSPS) is 17.8. The molecule has 0 spiro atoms. The number of aliphatic imine (C=N–C) groups is 1. The van der Waals surface area contributed by atoms with Gasteiger partial charge in [0.25, 0.3) is 5.91 Å². The predicted molar refractivity (Wildman–Crippen MR) is 103 cm³/mol. The Hall–Kier alpha value is -2.30. The van der Waals surface area contributed by atoms with E-state index in [1.54, 1.807) is 12.1 Å². The van der Waals surface area contributed by atoms with E-state index in [0.717, 1.165) is 16.8 Å². The number of rotatable bonds is 3. The second-order valence-electron chi connectivity index (χ2n) is 5.20. The first-order valence-electron chi connectivity index (χ1n) is 7.39. The minimum atomic E-state index is -0.136. The summed E-state index contributed by atoms with van der Waals surface area (Å²) in [5, 5.41) is 4.03. The minimum Gasteiger partial charge on any atom is -0.300 e. The number of carbonyl (C=O) groups is 1. The molecule has 2 aromatic carbocycles. The van der Waals surface area contributed by atoms with E-state index in [1.807, 2.05) is 61.5 Å². The molecule has 1 N–H and O–H groups in total. The molecule has 2 aromatic rings. The number of benzene rings is 2. The van der Waals surface area contributed by atoms with Crippen molar-refractivity contribution in [3.05, 3.63) is 81.7 Å². The van der Waals surface area contributed by atoms with Gasteiger partial charge in [-0.05, 0) is 54.1 Å². The number of aryl methyl sites for hydroxylation is 1. The van der Waals surface area contributed by atoms with Gasteiger partial charge in [0, 0.05) is 5.02 Å². The summed E-state index contributed by atoms with van der Waals surface area (Å²) in [5.74, 6) is -0.136. The summed E-state index contributed by atoms with van der Waals surface area (Å²) in [4.78, 5) is 17.1.